The van der Waals surface area contributed by atoms with Crippen LogP contribution in [0.15, 0.2) is 54.6 Å². The summed E-state index contributed by atoms with van der Waals surface area (Å²) in [7, 11) is 0. The van der Waals surface area contributed by atoms with Crippen LogP contribution in [0.2, 0.25) is 0 Å². The topological polar surface area (TPSA) is 25.8 Å². The second-order valence-electron chi connectivity index (χ2n) is 5.28. The van der Waals surface area contributed by atoms with E-state index in [1.165, 1.54) is 5.57 Å². The Balaban J connectivity index is 2.02. The molecule has 20 heavy (non-hydrogen) atoms. The molecule has 0 spiro atoms. The molecule has 0 aliphatic heterocycles. The predicted molar refractivity (Wildman–Crippen MR) is 83.1 cm³/mol. The number of hydrogen-bond acceptors (Lipinski definition) is 2. The van der Waals surface area contributed by atoms with Gasteiger partial charge in [0.1, 0.15) is 5.82 Å². The maximum atomic E-state index is 4.58. The molecule has 0 saturated carbocycles. The molecule has 0 N–H and O–H groups in total. The van der Waals surface area contributed by atoms with Crippen LogP contribution in [0.5, 0.6) is 0 Å². The molecule has 100 valence electrons. The van der Waals surface area contributed by atoms with Crippen LogP contribution in [-0.4, -0.2) is 9.97 Å². The van der Waals surface area contributed by atoms with Gasteiger partial charge in [0.05, 0.1) is 11.4 Å². The summed E-state index contributed by atoms with van der Waals surface area (Å²) in [4.78, 5) is 9.13. The zero-order valence-corrected chi connectivity index (χ0v) is 11.9. The molecule has 1 aromatic heterocycles. The summed E-state index contributed by atoms with van der Waals surface area (Å²) in [6.45, 7) is 4.18. The highest BCUT2D eigenvalue weighted by Crippen LogP contribution is 2.25. The third kappa shape index (κ3) is 2.69. The minimum atomic E-state index is 0.621. The Morgan fingerprint density at radius 2 is 1.80 bits per heavy atom. The lowest BCUT2D eigenvalue weighted by Crippen LogP contribution is -2.00. The molecule has 1 atom stereocenters. The van der Waals surface area contributed by atoms with E-state index in [2.05, 4.69) is 53.3 Å². The third-order valence-corrected chi connectivity index (χ3v) is 3.52. The van der Waals surface area contributed by atoms with E-state index < -0.39 is 0 Å². The van der Waals surface area contributed by atoms with Gasteiger partial charge in [-0.05, 0) is 30.9 Å². The molecule has 0 fully saturated rings. The van der Waals surface area contributed by atoms with Gasteiger partial charge in [-0.3, -0.25) is 0 Å². The van der Waals surface area contributed by atoms with E-state index >= 15 is 0 Å². The smallest absolute Gasteiger partial charge is 0.126 e. The Morgan fingerprint density at radius 3 is 2.50 bits per heavy atom. The highest BCUT2D eigenvalue weighted by atomic mass is 14.9. The van der Waals surface area contributed by atoms with Crippen molar-refractivity contribution in [3.63, 3.8) is 0 Å². The first-order chi connectivity index (χ1) is 9.72. The Bertz CT molecular complexity index is 669. The maximum absolute atomic E-state index is 4.58. The average molecular weight is 262 g/mol. The minimum absolute atomic E-state index is 0.621. The van der Waals surface area contributed by atoms with Crippen molar-refractivity contribution in [2.24, 2.45) is 5.92 Å². The van der Waals surface area contributed by atoms with Crippen LogP contribution in [0.4, 0.5) is 0 Å². The van der Waals surface area contributed by atoms with E-state index in [1.807, 2.05) is 25.1 Å². The fourth-order valence-corrected chi connectivity index (χ4v) is 2.39. The van der Waals surface area contributed by atoms with Crippen molar-refractivity contribution in [2.75, 3.05) is 0 Å². The zero-order chi connectivity index (χ0) is 13.9. The Morgan fingerprint density at radius 1 is 1.05 bits per heavy atom. The molecule has 2 aromatic rings. The minimum Gasteiger partial charge on any atom is -0.233 e. The SMILES string of the molecule is Cc1nc(C2=CCC(C)C=C2)cc(-c2ccccc2)n1. The molecule has 0 bridgehead atoms. The van der Waals surface area contributed by atoms with Gasteiger partial charge in [-0.25, -0.2) is 9.97 Å². The summed E-state index contributed by atoms with van der Waals surface area (Å²) in [5.41, 5.74) is 4.33. The number of hydrogen-bond donors (Lipinski definition) is 0. The van der Waals surface area contributed by atoms with E-state index in [0.29, 0.717) is 5.92 Å². The standard InChI is InChI=1S/C18H18N2/c1-13-8-10-16(11-9-13)18-12-17(19-14(2)20-18)15-6-4-3-5-7-15/h3-8,10-13H,9H2,1-2H3. The van der Waals surface area contributed by atoms with Crippen LogP contribution in [0.25, 0.3) is 16.8 Å². The molecule has 0 amide bonds. The largest absolute Gasteiger partial charge is 0.233 e. The predicted octanol–water partition coefficient (Wildman–Crippen LogP) is 4.43. The van der Waals surface area contributed by atoms with Crippen LogP contribution in [0, 0.1) is 12.8 Å². The van der Waals surface area contributed by atoms with Crippen LogP contribution in [0.1, 0.15) is 24.9 Å². The molecule has 0 saturated heterocycles. The normalized spacial score (nSPS) is 17.9. The monoisotopic (exact) mass is 262 g/mol. The average Bonchev–Trinajstić information content (AvgIpc) is 2.48. The van der Waals surface area contributed by atoms with E-state index in [4.69, 9.17) is 0 Å². The lowest BCUT2D eigenvalue weighted by molar-refractivity contribution is 0.738. The van der Waals surface area contributed by atoms with Crippen LogP contribution >= 0.6 is 0 Å². The number of aromatic nitrogens is 2. The second kappa shape index (κ2) is 5.41. The van der Waals surface area contributed by atoms with Gasteiger partial charge < -0.3 is 0 Å². The summed E-state index contributed by atoms with van der Waals surface area (Å²) < 4.78 is 0. The number of rotatable bonds is 2. The summed E-state index contributed by atoms with van der Waals surface area (Å²) in [6.07, 6.45) is 7.76. The van der Waals surface area contributed by atoms with Crippen molar-refractivity contribution in [3.8, 4) is 11.3 Å². The second-order valence-corrected chi connectivity index (χ2v) is 5.28. The quantitative estimate of drug-likeness (QED) is 0.800. The Kier molecular flexibility index (Phi) is 3.46. The van der Waals surface area contributed by atoms with Crippen molar-refractivity contribution in [2.45, 2.75) is 20.3 Å². The number of allylic oxidation sites excluding steroid dienone is 4. The van der Waals surface area contributed by atoms with Crippen LogP contribution in [-0.2, 0) is 0 Å². The molecular formula is C18H18N2. The van der Waals surface area contributed by atoms with E-state index in [9.17, 15) is 0 Å². The third-order valence-electron chi connectivity index (χ3n) is 3.52. The van der Waals surface area contributed by atoms with Crippen molar-refractivity contribution in [3.05, 3.63) is 66.1 Å². The van der Waals surface area contributed by atoms with Crippen LogP contribution in [0.3, 0.4) is 0 Å². The van der Waals surface area contributed by atoms with Crippen LogP contribution < -0.4 is 0 Å². The molecule has 2 heteroatoms. The zero-order valence-electron chi connectivity index (χ0n) is 11.9. The molecule has 3 rings (SSSR count). The van der Waals surface area contributed by atoms with Gasteiger partial charge in [-0.15, -0.1) is 0 Å². The maximum Gasteiger partial charge on any atom is 0.126 e. The fraction of sp³-hybridized carbons (Fsp3) is 0.222. The molecule has 1 aromatic carbocycles. The number of benzene rings is 1. The first-order valence-electron chi connectivity index (χ1n) is 7.02. The van der Waals surface area contributed by atoms with Gasteiger partial charge in [0.25, 0.3) is 0 Å². The highest BCUT2D eigenvalue weighted by Gasteiger charge is 2.10. The molecule has 1 unspecified atom stereocenters. The van der Waals surface area contributed by atoms with Crippen molar-refractivity contribution >= 4 is 5.57 Å². The lowest BCUT2D eigenvalue weighted by atomic mass is 9.96. The molecular weight excluding hydrogens is 244 g/mol. The van der Waals surface area contributed by atoms with Gasteiger partial charge in [-0.2, -0.15) is 0 Å². The number of nitrogens with zero attached hydrogens (tertiary/aromatic N) is 2. The summed E-state index contributed by atoms with van der Waals surface area (Å²) in [5.74, 6) is 1.43. The van der Waals surface area contributed by atoms with E-state index in [-0.39, 0.29) is 0 Å². The first-order valence-corrected chi connectivity index (χ1v) is 7.02. The van der Waals surface area contributed by atoms with Crippen molar-refractivity contribution < 1.29 is 0 Å². The summed E-state index contributed by atoms with van der Waals surface area (Å²) >= 11 is 0. The Labute approximate surface area is 119 Å². The van der Waals surface area contributed by atoms with Gasteiger partial charge in [0, 0.05) is 5.56 Å². The highest BCUT2D eigenvalue weighted by molar-refractivity contribution is 5.75. The van der Waals surface area contributed by atoms with Gasteiger partial charge in [-0.1, -0.05) is 55.5 Å². The van der Waals surface area contributed by atoms with E-state index in [0.717, 1.165) is 29.2 Å². The van der Waals surface area contributed by atoms with Gasteiger partial charge >= 0.3 is 0 Å². The molecule has 1 aliphatic carbocycles. The molecule has 2 nitrogen and oxygen atoms in total. The van der Waals surface area contributed by atoms with Crippen molar-refractivity contribution in [1.82, 2.24) is 9.97 Å². The summed E-state index contributed by atoms with van der Waals surface area (Å²) in [6, 6.07) is 12.3. The first kappa shape index (κ1) is 12.8. The molecule has 1 heterocycles. The van der Waals surface area contributed by atoms with Gasteiger partial charge in [0.15, 0.2) is 0 Å². The van der Waals surface area contributed by atoms with Gasteiger partial charge in [0.2, 0.25) is 0 Å². The number of aryl methyl sites for hydroxylation is 1. The molecule has 0 radical (unpaired) electrons. The summed E-state index contributed by atoms with van der Waals surface area (Å²) in [5, 5.41) is 0. The van der Waals surface area contributed by atoms with E-state index in [1.54, 1.807) is 0 Å². The van der Waals surface area contributed by atoms with Crippen molar-refractivity contribution in [1.29, 1.82) is 0 Å². The lowest BCUT2D eigenvalue weighted by Gasteiger charge is -2.12. The fourth-order valence-electron chi connectivity index (χ4n) is 2.39. The molecule has 1 aliphatic rings. The Hall–Kier alpha value is -2.22.